The van der Waals surface area contributed by atoms with Crippen molar-refractivity contribution in [2.24, 2.45) is 5.92 Å². The van der Waals surface area contributed by atoms with Crippen LogP contribution in [0.5, 0.6) is 0 Å². The number of hydrogen-bond acceptors (Lipinski definition) is 4. The number of rotatable bonds is 8. The molecule has 1 aliphatic carbocycles. The van der Waals surface area contributed by atoms with Gasteiger partial charge in [0.1, 0.15) is 0 Å². The van der Waals surface area contributed by atoms with Crippen LogP contribution in [0.2, 0.25) is 0 Å². The molecule has 6 heteroatoms. The van der Waals surface area contributed by atoms with Crippen LogP contribution in [0.3, 0.4) is 0 Å². The number of anilines is 2. The maximum atomic E-state index is 12.9. The first-order valence-electron chi connectivity index (χ1n) is 11.2. The van der Waals surface area contributed by atoms with Gasteiger partial charge >= 0.3 is 0 Å². The van der Waals surface area contributed by atoms with E-state index in [1.165, 1.54) is 12.0 Å². The fourth-order valence-electron chi connectivity index (χ4n) is 4.36. The van der Waals surface area contributed by atoms with Crippen molar-refractivity contribution >= 4 is 23.2 Å². The van der Waals surface area contributed by atoms with Gasteiger partial charge in [-0.05, 0) is 55.4 Å². The lowest BCUT2D eigenvalue weighted by Gasteiger charge is -2.30. The molecule has 2 atom stereocenters. The topological polar surface area (TPSA) is 70.7 Å². The largest absolute Gasteiger partial charge is 0.383 e. The lowest BCUT2D eigenvalue weighted by molar-refractivity contribution is -0.117. The standard InChI is InChI=1S/C25H31N3O3/c1-31-15-12-26-24(29)22-16-19(10-11-23(22)28-13-6-3-7-14-28)27-25(30)21-17-20(21)18-8-4-2-5-9-18/h2,4-5,8-11,16,20-21H,3,6-7,12-15,17H2,1H3,(H,26,29)(H,27,30)/t20-,21-/m0/s1. The second-order valence-electron chi connectivity index (χ2n) is 8.38. The second-order valence-corrected chi connectivity index (χ2v) is 8.38. The summed E-state index contributed by atoms with van der Waals surface area (Å²) in [6.45, 7) is 2.81. The summed E-state index contributed by atoms with van der Waals surface area (Å²) in [4.78, 5) is 28.0. The van der Waals surface area contributed by atoms with Crippen LogP contribution in [0.15, 0.2) is 48.5 Å². The lowest BCUT2D eigenvalue weighted by atomic mass is 10.1. The Morgan fingerprint density at radius 2 is 1.84 bits per heavy atom. The van der Waals surface area contributed by atoms with Crippen LogP contribution in [-0.2, 0) is 9.53 Å². The Bertz CT molecular complexity index is 909. The molecular weight excluding hydrogens is 390 g/mol. The fourth-order valence-corrected chi connectivity index (χ4v) is 4.36. The molecule has 1 saturated heterocycles. The van der Waals surface area contributed by atoms with E-state index in [0.717, 1.165) is 38.0 Å². The summed E-state index contributed by atoms with van der Waals surface area (Å²) < 4.78 is 5.05. The molecule has 164 valence electrons. The molecule has 2 amide bonds. The summed E-state index contributed by atoms with van der Waals surface area (Å²) in [6.07, 6.45) is 4.35. The smallest absolute Gasteiger partial charge is 0.253 e. The predicted octanol–water partition coefficient (Wildman–Crippen LogP) is 3.80. The number of amides is 2. The van der Waals surface area contributed by atoms with Crippen LogP contribution >= 0.6 is 0 Å². The monoisotopic (exact) mass is 421 g/mol. The Morgan fingerprint density at radius 3 is 2.58 bits per heavy atom. The van der Waals surface area contributed by atoms with E-state index in [1.807, 2.05) is 36.4 Å². The summed E-state index contributed by atoms with van der Waals surface area (Å²) in [5, 5.41) is 5.95. The third-order valence-corrected chi connectivity index (χ3v) is 6.15. The maximum Gasteiger partial charge on any atom is 0.253 e. The van der Waals surface area contributed by atoms with E-state index in [2.05, 4.69) is 27.7 Å². The Hall–Kier alpha value is -2.86. The van der Waals surface area contributed by atoms with Crippen molar-refractivity contribution in [3.63, 3.8) is 0 Å². The first-order valence-corrected chi connectivity index (χ1v) is 11.2. The Morgan fingerprint density at radius 1 is 1.06 bits per heavy atom. The highest BCUT2D eigenvalue weighted by Gasteiger charge is 2.43. The summed E-state index contributed by atoms with van der Waals surface area (Å²) in [6, 6.07) is 15.9. The molecule has 0 radical (unpaired) electrons. The van der Waals surface area contributed by atoms with Crippen LogP contribution in [0.4, 0.5) is 11.4 Å². The van der Waals surface area contributed by atoms with Gasteiger partial charge in [-0.1, -0.05) is 30.3 Å². The van der Waals surface area contributed by atoms with Gasteiger partial charge in [0.25, 0.3) is 5.91 Å². The normalized spacial score (nSPS) is 20.2. The molecule has 6 nitrogen and oxygen atoms in total. The van der Waals surface area contributed by atoms with E-state index in [-0.39, 0.29) is 23.7 Å². The van der Waals surface area contributed by atoms with E-state index in [1.54, 1.807) is 7.11 Å². The maximum absolute atomic E-state index is 12.9. The van der Waals surface area contributed by atoms with Gasteiger partial charge in [-0.3, -0.25) is 9.59 Å². The summed E-state index contributed by atoms with van der Waals surface area (Å²) in [5.74, 6) is 0.154. The number of ether oxygens (including phenoxy) is 1. The van der Waals surface area contributed by atoms with Crippen molar-refractivity contribution in [1.82, 2.24) is 5.32 Å². The SMILES string of the molecule is COCCNC(=O)c1cc(NC(=O)[C@H]2C[C@H]2c2ccccc2)ccc1N1CCCCC1. The highest BCUT2D eigenvalue weighted by molar-refractivity contribution is 6.02. The van der Waals surface area contributed by atoms with Gasteiger partial charge < -0.3 is 20.3 Å². The zero-order valence-corrected chi connectivity index (χ0v) is 18.1. The lowest BCUT2D eigenvalue weighted by Crippen LogP contribution is -2.33. The summed E-state index contributed by atoms with van der Waals surface area (Å²) in [7, 11) is 1.61. The highest BCUT2D eigenvalue weighted by atomic mass is 16.5. The Balaban J connectivity index is 1.48. The van der Waals surface area contributed by atoms with Crippen LogP contribution in [0.25, 0.3) is 0 Å². The van der Waals surface area contributed by atoms with Crippen LogP contribution in [-0.4, -0.2) is 45.2 Å². The highest BCUT2D eigenvalue weighted by Crippen LogP contribution is 2.48. The summed E-state index contributed by atoms with van der Waals surface area (Å²) >= 11 is 0. The third kappa shape index (κ3) is 5.25. The minimum atomic E-state index is -0.137. The number of carbonyl (C=O) groups is 2. The van der Waals surface area contributed by atoms with Crippen molar-refractivity contribution in [2.45, 2.75) is 31.6 Å². The van der Waals surface area contributed by atoms with Gasteiger partial charge in [-0.2, -0.15) is 0 Å². The predicted molar refractivity (Wildman–Crippen MR) is 123 cm³/mol. The minimum Gasteiger partial charge on any atom is -0.383 e. The molecule has 0 unspecified atom stereocenters. The van der Waals surface area contributed by atoms with E-state index >= 15 is 0 Å². The molecule has 0 spiro atoms. The van der Waals surface area contributed by atoms with Crippen molar-refractivity contribution in [3.8, 4) is 0 Å². The molecular formula is C25H31N3O3. The van der Waals surface area contributed by atoms with Crippen LogP contribution in [0.1, 0.15) is 47.5 Å². The second kappa shape index (κ2) is 9.96. The molecule has 0 bridgehead atoms. The number of nitrogens with zero attached hydrogens (tertiary/aromatic N) is 1. The Kier molecular flexibility index (Phi) is 6.87. The molecule has 2 aromatic carbocycles. The average molecular weight is 422 g/mol. The molecule has 2 fully saturated rings. The summed E-state index contributed by atoms with van der Waals surface area (Å²) in [5.41, 5.74) is 3.41. The number of piperidine rings is 1. The molecule has 0 aromatic heterocycles. The molecule has 1 heterocycles. The van der Waals surface area contributed by atoms with Crippen molar-refractivity contribution < 1.29 is 14.3 Å². The quantitative estimate of drug-likeness (QED) is 0.636. The first kappa shape index (κ1) is 21.4. The van der Waals surface area contributed by atoms with E-state index in [9.17, 15) is 9.59 Å². The molecule has 2 aromatic rings. The number of nitrogens with one attached hydrogen (secondary N) is 2. The molecule has 1 aliphatic heterocycles. The van der Waals surface area contributed by atoms with Crippen LogP contribution in [0, 0.1) is 5.92 Å². The molecule has 31 heavy (non-hydrogen) atoms. The molecule has 1 saturated carbocycles. The van der Waals surface area contributed by atoms with Gasteiger partial charge in [0, 0.05) is 44.0 Å². The van der Waals surface area contributed by atoms with E-state index in [4.69, 9.17) is 4.74 Å². The van der Waals surface area contributed by atoms with Gasteiger partial charge in [0.15, 0.2) is 0 Å². The minimum absolute atomic E-state index is 0.0110. The zero-order valence-electron chi connectivity index (χ0n) is 18.1. The van der Waals surface area contributed by atoms with Gasteiger partial charge in [0.05, 0.1) is 12.2 Å². The number of hydrogen-bond donors (Lipinski definition) is 2. The van der Waals surface area contributed by atoms with E-state index < -0.39 is 0 Å². The van der Waals surface area contributed by atoms with Gasteiger partial charge in [-0.25, -0.2) is 0 Å². The van der Waals surface area contributed by atoms with Crippen LogP contribution < -0.4 is 15.5 Å². The van der Waals surface area contributed by atoms with Gasteiger partial charge in [-0.15, -0.1) is 0 Å². The molecule has 4 rings (SSSR count). The average Bonchev–Trinajstić information content (AvgIpc) is 3.62. The van der Waals surface area contributed by atoms with E-state index in [0.29, 0.717) is 24.4 Å². The Labute approximate surface area is 184 Å². The number of methoxy groups -OCH3 is 1. The number of carbonyl (C=O) groups excluding carboxylic acids is 2. The van der Waals surface area contributed by atoms with Crippen molar-refractivity contribution in [1.29, 1.82) is 0 Å². The number of benzene rings is 2. The molecule has 2 aliphatic rings. The van der Waals surface area contributed by atoms with Crippen molar-refractivity contribution in [2.75, 3.05) is 43.6 Å². The first-order chi connectivity index (χ1) is 15.2. The van der Waals surface area contributed by atoms with Gasteiger partial charge in [0.2, 0.25) is 5.91 Å². The zero-order chi connectivity index (χ0) is 21.6. The van der Waals surface area contributed by atoms with Crippen molar-refractivity contribution in [3.05, 3.63) is 59.7 Å². The molecule has 2 N–H and O–H groups in total. The third-order valence-electron chi connectivity index (χ3n) is 6.15. The fraction of sp³-hybridized carbons (Fsp3) is 0.440.